The predicted molar refractivity (Wildman–Crippen MR) is 94.9 cm³/mol. The molecule has 1 unspecified atom stereocenters. The fourth-order valence-corrected chi connectivity index (χ4v) is 3.73. The van der Waals surface area contributed by atoms with Crippen LogP contribution in [0.25, 0.3) is 0 Å². The van der Waals surface area contributed by atoms with Crippen LogP contribution in [0.4, 0.5) is 5.69 Å². The Morgan fingerprint density at radius 1 is 1.28 bits per heavy atom. The standard InChI is InChI=1S/C18H16ClN3O3/c1-25-11-4-2-10(3-5-11)17-20-18(23)12-6-7-13(19)15-14(21-24)8-9-22(17)16(12)15/h2-7,17,24H,8-9H2,1H3,(H,20,23)/b21-14+. The minimum absolute atomic E-state index is 0.177. The minimum Gasteiger partial charge on any atom is -0.497 e. The Morgan fingerprint density at radius 2 is 2.04 bits per heavy atom. The molecule has 0 fully saturated rings. The van der Waals surface area contributed by atoms with E-state index in [9.17, 15) is 10.0 Å². The molecule has 1 atom stereocenters. The molecule has 2 aromatic carbocycles. The average molecular weight is 358 g/mol. The number of ether oxygens (including phenoxy) is 1. The Morgan fingerprint density at radius 3 is 2.72 bits per heavy atom. The summed E-state index contributed by atoms with van der Waals surface area (Å²) in [4.78, 5) is 14.7. The number of carbonyl (C=O) groups is 1. The van der Waals surface area contributed by atoms with Crippen LogP contribution in [-0.2, 0) is 0 Å². The Kier molecular flexibility index (Phi) is 3.77. The molecule has 2 aromatic rings. The molecular formula is C18H16ClN3O3. The fraction of sp³-hybridized carbons (Fsp3) is 0.222. The van der Waals surface area contributed by atoms with Crippen LogP contribution in [0.15, 0.2) is 41.6 Å². The van der Waals surface area contributed by atoms with Crippen LogP contribution in [0.2, 0.25) is 5.02 Å². The molecular weight excluding hydrogens is 342 g/mol. The average Bonchev–Trinajstić information content (AvgIpc) is 2.65. The molecule has 2 heterocycles. The molecule has 0 spiro atoms. The smallest absolute Gasteiger partial charge is 0.255 e. The van der Waals surface area contributed by atoms with Crippen LogP contribution in [0, 0.1) is 0 Å². The normalized spacial score (nSPS) is 20.2. The van der Waals surface area contributed by atoms with Gasteiger partial charge >= 0.3 is 0 Å². The third kappa shape index (κ3) is 2.41. The highest BCUT2D eigenvalue weighted by molar-refractivity contribution is 6.36. The van der Waals surface area contributed by atoms with Gasteiger partial charge in [0.15, 0.2) is 0 Å². The van der Waals surface area contributed by atoms with Crippen molar-refractivity contribution in [2.45, 2.75) is 12.6 Å². The first kappa shape index (κ1) is 15.8. The van der Waals surface area contributed by atoms with Gasteiger partial charge in [-0.2, -0.15) is 0 Å². The molecule has 0 saturated carbocycles. The first-order valence-corrected chi connectivity index (χ1v) is 8.27. The largest absolute Gasteiger partial charge is 0.497 e. The van der Waals surface area contributed by atoms with Gasteiger partial charge in [-0.1, -0.05) is 28.9 Å². The maximum atomic E-state index is 12.6. The quantitative estimate of drug-likeness (QED) is 0.639. The summed E-state index contributed by atoms with van der Waals surface area (Å²) in [5.74, 6) is 0.576. The molecule has 2 N–H and O–H groups in total. The Bertz CT molecular complexity index is 880. The number of nitrogens with zero attached hydrogens (tertiary/aromatic N) is 2. The summed E-state index contributed by atoms with van der Waals surface area (Å²) in [5, 5.41) is 16.2. The van der Waals surface area contributed by atoms with Crippen LogP contribution >= 0.6 is 11.6 Å². The number of hydrogen-bond donors (Lipinski definition) is 2. The summed E-state index contributed by atoms with van der Waals surface area (Å²) >= 11 is 6.35. The third-order valence-corrected chi connectivity index (χ3v) is 4.98. The monoisotopic (exact) mass is 357 g/mol. The summed E-state index contributed by atoms with van der Waals surface area (Å²) in [6.45, 7) is 0.608. The predicted octanol–water partition coefficient (Wildman–Crippen LogP) is 3.18. The van der Waals surface area contributed by atoms with Crippen LogP contribution < -0.4 is 15.0 Å². The number of halogens is 1. The van der Waals surface area contributed by atoms with Crippen LogP contribution in [0.5, 0.6) is 5.75 Å². The topological polar surface area (TPSA) is 74.2 Å². The van der Waals surface area contributed by atoms with Crippen LogP contribution in [-0.4, -0.2) is 30.5 Å². The third-order valence-electron chi connectivity index (χ3n) is 4.67. The second-order valence-electron chi connectivity index (χ2n) is 5.96. The number of hydrogen-bond acceptors (Lipinski definition) is 5. The molecule has 0 aliphatic carbocycles. The van der Waals surface area contributed by atoms with Crippen molar-refractivity contribution in [3.63, 3.8) is 0 Å². The first-order chi connectivity index (χ1) is 12.1. The summed E-state index contributed by atoms with van der Waals surface area (Å²) < 4.78 is 5.20. The zero-order chi connectivity index (χ0) is 17.6. The van der Waals surface area contributed by atoms with E-state index in [4.69, 9.17) is 16.3 Å². The number of benzene rings is 2. The molecule has 2 aliphatic heterocycles. The number of methoxy groups -OCH3 is 1. The van der Waals surface area contributed by atoms with Gasteiger partial charge in [0.25, 0.3) is 5.91 Å². The zero-order valence-electron chi connectivity index (χ0n) is 13.5. The van der Waals surface area contributed by atoms with Gasteiger partial charge in [-0.05, 0) is 29.8 Å². The number of rotatable bonds is 2. The summed E-state index contributed by atoms with van der Waals surface area (Å²) in [7, 11) is 1.61. The lowest BCUT2D eigenvalue weighted by molar-refractivity contribution is 0.0926. The second-order valence-corrected chi connectivity index (χ2v) is 6.36. The van der Waals surface area contributed by atoms with E-state index in [1.54, 1.807) is 19.2 Å². The lowest BCUT2D eigenvalue weighted by Gasteiger charge is -2.43. The van der Waals surface area contributed by atoms with E-state index in [0.717, 1.165) is 17.0 Å². The fourth-order valence-electron chi connectivity index (χ4n) is 3.47. The highest BCUT2D eigenvalue weighted by atomic mass is 35.5. The molecule has 0 bridgehead atoms. The molecule has 2 aliphatic rings. The van der Waals surface area contributed by atoms with Crippen molar-refractivity contribution in [1.82, 2.24) is 5.32 Å². The lowest BCUT2D eigenvalue weighted by atomic mass is 9.92. The number of carbonyl (C=O) groups excluding carboxylic acids is 1. The number of amides is 1. The van der Waals surface area contributed by atoms with Gasteiger partial charge < -0.3 is 20.2 Å². The van der Waals surface area contributed by atoms with E-state index in [-0.39, 0.29) is 12.1 Å². The van der Waals surface area contributed by atoms with Gasteiger partial charge in [0.05, 0.1) is 29.1 Å². The van der Waals surface area contributed by atoms with E-state index in [0.29, 0.717) is 34.8 Å². The molecule has 4 rings (SSSR count). The lowest BCUT2D eigenvalue weighted by Crippen LogP contribution is -2.49. The molecule has 128 valence electrons. The minimum atomic E-state index is -0.316. The first-order valence-electron chi connectivity index (χ1n) is 7.89. The van der Waals surface area contributed by atoms with Crippen LogP contribution in [0.1, 0.15) is 34.1 Å². The SMILES string of the molecule is COc1ccc(C2NC(=O)c3ccc(Cl)c4c3N2CC/C4=N\O)cc1. The van der Waals surface area contributed by atoms with E-state index >= 15 is 0 Å². The van der Waals surface area contributed by atoms with Gasteiger partial charge in [0.2, 0.25) is 0 Å². The van der Waals surface area contributed by atoms with Gasteiger partial charge in [0, 0.05) is 18.5 Å². The van der Waals surface area contributed by atoms with Gasteiger partial charge in [-0.15, -0.1) is 0 Å². The number of nitrogens with one attached hydrogen (secondary N) is 1. The van der Waals surface area contributed by atoms with Crippen molar-refractivity contribution in [1.29, 1.82) is 0 Å². The van der Waals surface area contributed by atoms with Crippen molar-refractivity contribution < 1.29 is 14.7 Å². The highest BCUT2D eigenvalue weighted by Crippen LogP contribution is 2.42. The van der Waals surface area contributed by atoms with Crippen molar-refractivity contribution >= 4 is 28.9 Å². The molecule has 6 nitrogen and oxygen atoms in total. The van der Waals surface area contributed by atoms with Crippen molar-refractivity contribution in [3.05, 3.63) is 58.1 Å². The highest BCUT2D eigenvalue weighted by Gasteiger charge is 2.38. The van der Waals surface area contributed by atoms with E-state index in [1.807, 2.05) is 24.3 Å². The van der Waals surface area contributed by atoms with Crippen molar-refractivity contribution in [2.24, 2.45) is 5.16 Å². The maximum absolute atomic E-state index is 12.6. The second kappa shape index (κ2) is 5.97. The van der Waals surface area contributed by atoms with Crippen molar-refractivity contribution in [3.8, 4) is 5.75 Å². The van der Waals surface area contributed by atoms with E-state index in [2.05, 4.69) is 15.4 Å². The van der Waals surface area contributed by atoms with Gasteiger partial charge in [0.1, 0.15) is 11.9 Å². The van der Waals surface area contributed by atoms with E-state index < -0.39 is 0 Å². The summed E-state index contributed by atoms with van der Waals surface area (Å²) in [5.41, 5.74) is 3.32. The zero-order valence-corrected chi connectivity index (χ0v) is 14.2. The number of anilines is 1. The molecule has 1 amide bonds. The maximum Gasteiger partial charge on any atom is 0.255 e. The Labute approximate surface area is 149 Å². The molecule has 0 saturated heterocycles. The van der Waals surface area contributed by atoms with Gasteiger partial charge in [-0.3, -0.25) is 4.79 Å². The van der Waals surface area contributed by atoms with Crippen molar-refractivity contribution in [2.75, 3.05) is 18.6 Å². The van der Waals surface area contributed by atoms with Crippen LogP contribution in [0.3, 0.4) is 0 Å². The summed E-state index contributed by atoms with van der Waals surface area (Å²) in [6, 6.07) is 10.9. The van der Waals surface area contributed by atoms with Gasteiger partial charge in [-0.25, -0.2) is 0 Å². The van der Waals surface area contributed by atoms with E-state index in [1.165, 1.54) is 0 Å². The molecule has 0 aromatic heterocycles. The summed E-state index contributed by atoms with van der Waals surface area (Å²) in [6.07, 6.45) is 0.221. The molecule has 25 heavy (non-hydrogen) atoms. The molecule has 0 radical (unpaired) electrons. The Balaban J connectivity index is 1.86. The molecule has 7 heteroatoms. The number of oxime groups is 1. The Hall–Kier alpha value is -2.73.